The zero-order valence-electron chi connectivity index (χ0n) is 10.5. The van der Waals surface area contributed by atoms with Crippen molar-refractivity contribution in [2.75, 3.05) is 11.9 Å². The Bertz CT molecular complexity index is 478. The summed E-state index contributed by atoms with van der Waals surface area (Å²) in [4.78, 5) is 24.9. The molecule has 6 heteroatoms. The van der Waals surface area contributed by atoms with Crippen molar-refractivity contribution in [2.45, 2.75) is 32.6 Å². The first-order chi connectivity index (χ1) is 8.52. The number of aromatic nitrogens is 1. The molecule has 1 aromatic heterocycles. The predicted molar refractivity (Wildman–Crippen MR) is 69.2 cm³/mol. The fraction of sp³-hybridized carbons (Fsp3) is 0.583. The van der Waals surface area contributed by atoms with E-state index in [0.29, 0.717) is 10.7 Å². The molecule has 1 heterocycles. The molecular weight excluding hydrogens is 252 g/mol. The quantitative estimate of drug-likeness (QED) is 0.913. The summed E-state index contributed by atoms with van der Waals surface area (Å²) in [6, 6.07) is 0. The van der Waals surface area contributed by atoms with E-state index in [9.17, 15) is 9.59 Å². The average Bonchev–Trinajstić information content (AvgIpc) is 2.95. The number of amides is 1. The van der Waals surface area contributed by atoms with Crippen LogP contribution in [0.3, 0.4) is 0 Å². The molecule has 0 unspecified atom stereocenters. The molecule has 1 amide bonds. The Kier molecular flexibility index (Phi) is 3.65. The molecule has 0 atom stereocenters. The van der Waals surface area contributed by atoms with Crippen LogP contribution in [0.25, 0.3) is 0 Å². The van der Waals surface area contributed by atoms with Gasteiger partial charge in [0.2, 0.25) is 5.91 Å². The minimum atomic E-state index is -1.03. The number of aryl methyl sites for hydroxylation is 1. The molecule has 0 bridgehead atoms. The summed E-state index contributed by atoms with van der Waals surface area (Å²) in [5.41, 5.74) is 0.613. The molecule has 0 radical (unpaired) electrons. The van der Waals surface area contributed by atoms with Crippen molar-refractivity contribution in [3.63, 3.8) is 0 Å². The Morgan fingerprint density at radius 3 is 2.56 bits per heavy atom. The van der Waals surface area contributed by atoms with Crippen LogP contribution in [0.5, 0.6) is 0 Å². The summed E-state index contributed by atoms with van der Waals surface area (Å²) in [6.07, 6.45) is 3.97. The number of carbonyl (C=O) groups excluding carboxylic acids is 1. The smallest absolute Gasteiger partial charge is 0.340 e. The van der Waals surface area contributed by atoms with E-state index < -0.39 is 5.97 Å². The highest BCUT2D eigenvalue weighted by Gasteiger charge is 2.30. The molecule has 1 saturated carbocycles. The average molecular weight is 268 g/mol. The minimum Gasteiger partial charge on any atom is -0.478 e. The Morgan fingerprint density at radius 2 is 2.00 bits per heavy atom. The van der Waals surface area contributed by atoms with Crippen LogP contribution in [0, 0.1) is 12.8 Å². The van der Waals surface area contributed by atoms with Gasteiger partial charge in [-0.25, -0.2) is 4.79 Å². The number of carboxylic acid groups (broad SMARTS) is 1. The van der Waals surface area contributed by atoms with E-state index in [4.69, 9.17) is 5.11 Å². The number of rotatable bonds is 3. The first kappa shape index (κ1) is 13.0. The van der Waals surface area contributed by atoms with Gasteiger partial charge < -0.3 is 10.0 Å². The highest BCUT2D eigenvalue weighted by atomic mass is 32.1. The number of anilines is 1. The molecule has 5 nitrogen and oxygen atoms in total. The number of hydrogen-bond acceptors (Lipinski definition) is 4. The summed E-state index contributed by atoms with van der Waals surface area (Å²) in [6.45, 7) is 1.65. The Balaban J connectivity index is 2.25. The van der Waals surface area contributed by atoms with Crippen LogP contribution >= 0.6 is 11.5 Å². The van der Waals surface area contributed by atoms with Crippen molar-refractivity contribution in [3.05, 3.63) is 11.3 Å². The normalized spacial score (nSPS) is 15.9. The van der Waals surface area contributed by atoms with Gasteiger partial charge >= 0.3 is 5.97 Å². The summed E-state index contributed by atoms with van der Waals surface area (Å²) in [5.74, 6) is -0.972. The largest absolute Gasteiger partial charge is 0.478 e. The lowest BCUT2D eigenvalue weighted by Gasteiger charge is -2.19. The van der Waals surface area contributed by atoms with Gasteiger partial charge in [-0.1, -0.05) is 12.8 Å². The highest BCUT2D eigenvalue weighted by Crippen LogP contribution is 2.32. The second-order valence-electron chi connectivity index (χ2n) is 4.63. The van der Waals surface area contributed by atoms with E-state index in [1.807, 2.05) is 0 Å². The lowest BCUT2D eigenvalue weighted by Crippen LogP contribution is -2.32. The first-order valence-electron chi connectivity index (χ1n) is 5.99. The van der Waals surface area contributed by atoms with E-state index in [2.05, 4.69) is 4.37 Å². The van der Waals surface area contributed by atoms with E-state index in [1.165, 1.54) is 4.90 Å². The summed E-state index contributed by atoms with van der Waals surface area (Å²) < 4.78 is 4.03. The van der Waals surface area contributed by atoms with E-state index in [1.54, 1.807) is 14.0 Å². The van der Waals surface area contributed by atoms with Gasteiger partial charge in [-0.2, -0.15) is 4.37 Å². The molecule has 0 aliphatic heterocycles. The number of carbonyl (C=O) groups is 2. The summed E-state index contributed by atoms with van der Waals surface area (Å²) in [7, 11) is 1.64. The van der Waals surface area contributed by atoms with Gasteiger partial charge in [0.15, 0.2) is 0 Å². The zero-order chi connectivity index (χ0) is 13.3. The van der Waals surface area contributed by atoms with Gasteiger partial charge in [0, 0.05) is 13.0 Å². The van der Waals surface area contributed by atoms with Gasteiger partial charge in [0.25, 0.3) is 0 Å². The second-order valence-corrected chi connectivity index (χ2v) is 5.38. The van der Waals surface area contributed by atoms with Gasteiger partial charge in [0.1, 0.15) is 10.6 Å². The van der Waals surface area contributed by atoms with E-state index in [0.717, 1.165) is 37.2 Å². The number of carboxylic acids is 1. The first-order valence-corrected chi connectivity index (χ1v) is 6.77. The molecule has 0 saturated heterocycles. The lowest BCUT2D eigenvalue weighted by atomic mass is 10.1. The van der Waals surface area contributed by atoms with Crippen molar-refractivity contribution in [2.24, 2.45) is 5.92 Å². The topological polar surface area (TPSA) is 70.5 Å². The molecule has 1 aliphatic rings. The van der Waals surface area contributed by atoms with Gasteiger partial charge in [-0.05, 0) is 31.3 Å². The SMILES string of the molecule is Cc1nsc(N(C)C(=O)C2CCCC2)c1C(=O)O. The van der Waals surface area contributed by atoms with Crippen LogP contribution in [0.4, 0.5) is 5.00 Å². The maximum atomic E-state index is 12.2. The van der Waals surface area contributed by atoms with Crippen LogP contribution < -0.4 is 4.90 Å². The molecule has 1 fully saturated rings. The van der Waals surface area contributed by atoms with Gasteiger partial charge in [-0.15, -0.1) is 0 Å². The van der Waals surface area contributed by atoms with Crippen molar-refractivity contribution >= 4 is 28.4 Å². The van der Waals surface area contributed by atoms with Crippen molar-refractivity contribution in [1.29, 1.82) is 0 Å². The van der Waals surface area contributed by atoms with Crippen molar-refractivity contribution < 1.29 is 14.7 Å². The zero-order valence-corrected chi connectivity index (χ0v) is 11.3. The molecule has 2 rings (SSSR count). The van der Waals surface area contributed by atoms with Gasteiger partial charge in [0.05, 0.1) is 5.69 Å². The fourth-order valence-electron chi connectivity index (χ4n) is 2.38. The number of nitrogens with zero attached hydrogens (tertiary/aromatic N) is 2. The van der Waals surface area contributed by atoms with Crippen LogP contribution in [0.15, 0.2) is 0 Å². The molecule has 0 aromatic carbocycles. The molecule has 98 valence electrons. The maximum Gasteiger partial charge on any atom is 0.340 e. The predicted octanol–water partition coefficient (Wildman–Crippen LogP) is 2.30. The fourth-order valence-corrected chi connectivity index (χ4v) is 3.23. The summed E-state index contributed by atoms with van der Waals surface area (Å²) >= 11 is 1.07. The standard InChI is InChI=1S/C12H16N2O3S/c1-7-9(12(16)17)11(18-13-7)14(2)10(15)8-5-3-4-6-8/h8H,3-6H2,1-2H3,(H,16,17). The van der Waals surface area contributed by atoms with Crippen LogP contribution in [0.2, 0.25) is 0 Å². The Morgan fingerprint density at radius 1 is 1.39 bits per heavy atom. The van der Waals surface area contributed by atoms with E-state index in [-0.39, 0.29) is 17.4 Å². The second kappa shape index (κ2) is 5.06. The maximum absolute atomic E-state index is 12.2. The van der Waals surface area contributed by atoms with E-state index >= 15 is 0 Å². The molecule has 1 N–H and O–H groups in total. The Hall–Kier alpha value is -1.43. The monoisotopic (exact) mass is 268 g/mol. The van der Waals surface area contributed by atoms with Crippen molar-refractivity contribution in [3.8, 4) is 0 Å². The molecular formula is C12H16N2O3S. The third-order valence-electron chi connectivity index (χ3n) is 3.40. The number of hydrogen-bond donors (Lipinski definition) is 1. The molecule has 1 aliphatic carbocycles. The summed E-state index contributed by atoms with van der Waals surface area (Å²) in [5, 5.41) is 9.60. The molecule has 18 heavy (non-hydrogen) atoms. The Labute approximate surface area is 110 Å². The lowest BCUT2D eigenvalue weighted by molar-refractivity contribution is -0.121. The number of aromatic carboxylic acids is 1. The van der Waals surface area contributed by atoms with Gasteiger partial charge in [-0.3, -0.25) is 4.79 Å². The van der Waals surface area contributed by atoms with Crippen LogP contribution in [0.1, 0.15) is 41.7 Å². The van der Waals surface area contributed by atoms with Crippen molar-refractivity contribution in [1.82, 2.24) is 4.37 Å². The third-order valence-corrected chi connectivity index (χ3v) is 4.41. The van der Waals surface area contributed by atoms with Crippen LogP contribution in [-0.2, 0) is 4.79 Å². The van der Waals surface area contributed by atoms with Crippen LogP contribution in [-0.4, -0.2) is 28.4 Å². The highest BCUT2D eigenvalue weighted by molar-refractivity contribution is 7.11. The molecule has 0 spiro atoms. The molecule has 1 aromatic rings. The minimum absolute atomic E-state index is 0.0126. The third kappa shape index (κ3) is 2.25.